The van der Waals surface area contributed by atoms with E-state index in [0.29, 0.717) is 6.54 Å². The maximum Gasteiger partial charge on any atom is 0.251 e. The van der Waals surface area contributed by atoms with E-state index in [4.69, 9.17) is 0 Å². The van der Waals surface area contributed by atoms with Gasteiger partial charge >= 0.3 is 0 Å². The lowest BCUT2D eigenvalue weighted by Gasteiger charge is -2.34. The molecule has 1 aliphatic rings. The van der Waals surface area contributed by atoms with Crippen LogP contribution in [0.15, 0.2) is 77.6 Å². The van der Waals surface area contributed by atoms with Crippen LogP contribution in [0.3, 0.4) is 0 Å². The third-order valence-electron chi connectivity index (χ3n) is 6.85. The smallest absolute Gasteiger partial charge is 0.251 e. The van der Waals surface area contributed by atoms with Gasteiger partial charge in [-0.05, 0) is 79.9 Å². The van der Waals surface area contributed by atoms with Crippen LogP contribution < -0.4 is 15.8 Å². The predicted molar refractivity (Wildman–Crippen MR) is 143 cm³/mol. The van der Waals surface area contributed by atoms with Gasteiger partial charge in [0, 0.05) is 49.3 Å². The van der Waals surface area contributed by atoms with Gasteiger partial charge < -0.3 is 19.7 Å². The van der Waals surface area contributed by atoms with Crippen molar-refractivity contribution in [3.63, 3.8) is 0 Å². The van der Waals surface area contributed by atoms with E-state index in [-0.39, 0.29) is 5.56 Å². The first-order valence-corrected chi connectivity index (χ1v) is 12.0. The summed E-state index contributed by atoms with van der Waals surface area (Å²) in [5.41, 5.74) is 7.80. The molecule has 1 aromatic heterocycles. The number of nitrogens with zero attached hydrogens (tertiary/aromatic N) is 3. The van der Waals surface area contributed by atoms with E-state index < -0.39 is 0 Å². The van der Waals surface area contributed by atoms with Crippen LogP contribution in [0.5, 0.6) is 0 Å². The zero-order chi connectivity index (χ0) is 23.7. The summed E-state index contributed by atoms with van der Waals surface area (Å²) >= 11 is 0. The van der Waals surface area contributed by atoms with E-state index in [0.717, 1.165) is 48.5 Å². The van der Waals surface area contributed by atoms with Crippen molar-refractivity contribution in [3.8, 4) is 0 Å². The third kappa shape index (κ3) is 4.70. The molecule has 0 radical (unpaired) electrons. The van der Waals surface area contributed by atoms with Crippen LogP contribution in [-0.4, -0.2) is 42.7 Å². The lowest BCUT2D eigenvalue weighted by atomic mass is 10.1. The number of aromatic nitrogens is 1. The molecule has 1 fully saturated rings. The highest BCUT2D eigenvalue weighted by Gasteiger charge is 2.14. The number of anilines is 3. The fourth-order valence-electron chi connectivity index (χ4n) is 4.66. The van der Waals surface area contributed by atoms with Crippen molar-refractivity contribution in [2.24, 2.45) is 0 Å². The first-order valence-electron chi connectivity index (χ1n) is 12.0. The van der Waals surface area contributed by atoms with Gasteiger partial charge in [0.05, 0.1) is 12.1 Å². The molecule has 34 heavy (non-hydrogen) atoms. The van der Waals surface area contributed by atoms with Crippen molar-refractivity contribution in [2.45, 2.75) is 20.4 Å². The summed E-state index contributed by atoms with van der Waals surface area (Å²) < 4.78 is 1.87. The normalized spacial score (nSPS) is 14.5. The number of hydrogen-bond donors (Lipinski definition) is 1. The van der Waals surface area contributed by atoms with Gasteiger partial charge in [0.25, 0.3) is 5.56 Å². The second-order valence-electron chi connectivity index (χ2n) is 9.42. The van der Waals surface area contributed by atoms with Gasteiger partial charge in [-0.25, -0.2) is 0 Å². The van der Waals surface area contributed by atoms with Crippen LogP contribution in [0.4, 0.5) is 17.1 Å². The molecule has 4 aromatic rings. The molecule has 0 aliphatic carbocycles. The molecule has 3 aromatic carbocycles. The molecular formula is C29H32N4O. The first kappa shape index (κ1) is 22.2. The Labute approximate surface area is 201 Å². The number of fused-ring (bicyclic) bond motifs is 1. The highest BCUT2D eigenvalue weighted by molar-refractivity contribution is 5.84. The van der Waals surface area contributed by atoms with Gasteiger partial charge in [-0.15, -0.1) is 0 Å². The van der Waals surface area contributed by atoms with Crippen LogP contribution >= 0.6 is 0 Å². The molecule has 5 nitrogen and oxygen atoms in total. The highest BCUT2D eigenvalue weighted by Crippen LogP contribution is 2.25. The van der Waals surface area contributed by atoms with E-state index in [1.165, 1.54) is 22.4 Å². The molecule has 0 spiro atoms. The monoisotopic (exact) mass is 452 g/mol. The fraction of sp³-hybridized carbons (Fsp3) is 0.276. The molecule has 0 atom stereocenters. The maximum absolute atomic E-state index is 12.8. The Kier molecular flexibility index (Phi) is 6.12. The Bertz CT molecular complexity index is 1370. The molecular weight excluding hydrogens is 420 g/mol. The molecule has 174 valence electrons. The summed E-state index contributed by atoms with van der Waals surface area (Å²) in [5.74, 6) is 0. The van der Waals surface area contributed by atoms with Gasteiger partial charge in [-0.3, -0.25) is 4.79 Å². The summed E-state index contributed by atoms with van der Waals surface area (Å²) in [5, 5.41) is 4.58. The standard InChI is InChI=1S/C29H32N4O/c1-21-4-5-22(2)24(18-21)20-33-28-19-26(8-6-23(28)7-13-29(33)34)30-25-9-11-27(12-10-25)32-16-14-31(3)15-17-32/h4-13,18-19,30H,14-17,20H2,1-3H3. The van der Waals surface area contributed by atoms with Crippen molar-refractivity contribution in [1.29, 1.82) is 0 Å². The maximum atomic E-state index is 12.8. The molecule has 2 heterocycles. The molecule has 5 rings (SSSR count). The van der Waals surface area contributed by atoms with Crippen molar-refractivity contribution >= 4 is 28.0 Å². The van der Waals surface area contributed by atoms with E-state index in [2.05, 4.69) is 96.7 Å². The van der Waals surface area contributed by atoms with Gasteiger partial charge in [0.15, 0.2) is 0 Å². The van der Waals surface area contributed by atoms with Crippen LogP contribution in [-0.2, 0) is 6.54 Å². The van der Waals surface area contributed by atoms with Crippen molar-refractivity contribution in [1.82, 2.24) is 9.47 Å². The number of nitrogens with one attached hydrogen (secondary N) is 1. The van der Waals surface area contributed by atoms with Gasteiger partial charge in [-0.1, -0.05) is 29.8 Å². The Balaban J connectivity index is 1.41. The second-order valence-corrected chi connectivity index (χ2v) is 9.42. The molecule has 1 saturated heterocycles. The minimum Gasteiger partial charge on any atom is -0.369 e. The summed E-state index contributed by atoms with van der Waals surface area (Å²) in [6, 6.07) is 24.8. The summed E-state index contributed by atoms with van der Waals surface area (Å²) in [6.45, 7) is 9.07. The number of hydrogen-bond acceptors (Lipinski definition) is 4. The van der Waals surface area contributed by atoms with Gasteiger partial charge in [-0.2, -0.15) is 0 Å². The van der Waals surface area contributed by atoms with Crippen molar-refractivity contribution in [2.75, 3.05) is 43.4 Å². The first-order chi connectivity index (χ1) is 16.5. The number of likely N-dealkylation sites (N-methyl/N-ethyl adjacent to an activating group) is 1. The van der Waals surface area contributed by atoms with E-state index in [1.807, 2.05) is 10.6 Å². The average molecular weight is 453 g/mol. The number of pyridine rings is 1. The molecule has 5 heteroatoms. The molecule has 0 saturated carbocycles. The molecule has 1 aliphatic heterocycles. The quantitative estimate of drug-likeness (QED) is 0.454. The number of aryl methyl sites for hydroxylation is 2. The molecule has 0 unspecified atom stereocenters. The molecule has 0 bridgehead atoms. The summed E-state index contributed by atoms with van der Waals surface area (Å²) in [7, 11) is 2.18. The van der Waals surface area contributed by atoms with Crippen molar-refractivity contribution in [3.05, 3.63) is 99.8 Å². The largest absolute Gasteiger partial charge is 0.369 e. The zero-order valence-electron chi connectivity index (χ0n) is 20.2. The number of rotatable bonds is 5. The minimum atomic E-state index is 0.0158. The SMILES string of the molecule is Cc1ccc(C)c(Cn2c(=O)ccc3ccc(Nc4ccc(N5CCN(C)CC5)cc4)cc32)c1. The van der Waals surface area contributed by atoms with Crippen LogP contribution in [0.1, 0.15) is 16.7 Å². The topological polar surface area (TPSA) is 40.5 Å². The summed E-state index contributed by atoms with van der Waals surface area (Å²) in [4.78, 5) is 17.6. The van der Waals surface area contributed by atoms with Crippen molar-refractivity contribution < 1.29 is 0 Å². The lowest BCUT2D eigenvalue weighted by molar-refractivity contribution is 0.313. The van der Waals surface area contributed by atoms with Gasteiger partial charge in [0.1, 0.15) is 0 Å². The number of piperazine rings is 1. The highest BCUT2D eigenvalue weighted by atomic mass is 16.1. The van der Waals surface area contributed by atoms with Crippen LogP contribution in [0.2, 0.25) is 0 Å². The van der Waals surface area contributed by atoms with E-state index in [9.17, 15) is 4.79 Å². The lowest BCUT2D eigenvalue weighted by Crippen LogP contribution is -2.44. The molecule has 0 amide bonds. The second kappa shape index (κ2) is 9.35. The number of benzene rings is 3. The Morgan fingerprint density at radius 1 is 0.794 bits per heavy atom. The van der Waals surface area contributed by atoms with Crippen LogP contribution in [0.25, 0.3) is 10.9 Å². The van der Waals surface area contributed by atoms with Crippen LogP contribution in [0, 0.1) is 13.8 Å². The Hall–Kier alpha value is -3.57. The summed E-state index contributed by atoms with van der Waals surface area (Å²) in [6.07, 6.45) is 0. The predicted octanol–water partition coefficient (Wildman–Crippen LogP) is 5.16. The zero-order valence-corrected chi connectivity index (χ0v) is 20.2. The average Bonchev–Trinajstić information content (AvgIpc) is 2.84. The third-order valence-corrected chi connectivity index (χ3v) is 6.85. The van der Waals surface area contributed by atoms with Gasteiger partial charge in [0.2, 0.25) is 0 Å². The minimum absolute atomic E-state index is 0.0158. The Morgan fingerprint density at radius 3 is 2.26 bits per heavy atom. The fourth-order valence-corrected chi connectivity index (χ4v) is 4.66. The van der Waals surface area contributed by atoms with E-state index >= 15 is 0 Å². The van der Waals surface area contributed by atoms with E-state index in [1.54, 1.807) is 6.07 Å². The molecule has 1 N–H and O–H groups in total. The Morgan fingerprint density at radius 2 is 1.50 bits per heavy atom.